The fourth-order valence-electron chi connectivity index (χ4n) is 2.76. The average molecular weight is 233 g/mol. The Morgan fingerprint density at radius 2 is 2.12 bits per heavy atom. The Morgan fingerprint density at radius 1 is 1.35 bits per heavy atom. The lowest BCUT2D eigenvalue weighted by molar-refractivity contribution is -0.0595. The second-order valence-corrected chi connectivity index (χ2v) is 5.26. The van der Waals surface area contributed by atoms with Crippen LogP contribution in [0.2, 0.25) is 0 Å². The van der Waals surface area contributed by atoms with Crippen LogP contribution in [-0.2, 0) is 10.2 Å². The second kappa shape index (κ2) is 4.35. The van der Waals surface area contributed by atoms with E-state index in [0.717, 1.165) is 5.82 Å². The Kier molecular flexibility index (Phi) is 2.84. The van der Waals surface area contributed by atoms with E-state index in [1.807, 2.05) is 6.20 Å². The van der Waals surface area contributed by atoms with E-state index in [-0.39, 0.29) is 5.41 Å². The molecule has 1 saturated heterocycles. The molecule has 0 unspecified atom stereocenters. The van der Waals surface area contributed by atoms with E-state index in [1.54, 1.807) is 0 Å². The molecule has 4 nitrogen and oxygen atoms in total. The van der Waals surface area contributed by atoms with Gasteiger partial charge in [-0.2, -0.15) is 0 Å². The quantitative estimate of drug-likeness (QED) is 0.856. The molecule has 0 amide bonds. The fourth-order valence-corrected chi connectivity index (χ4v) is 2.76. The molecule has 2 heterocycles. The first-order valence-electron chi connectivity index (χ1n) is 6.45. The van der Waals surface area contributed by atoms with Crippen LogP contribution < -0.4 is 5.73 Å². The van der Waals surface area contributed by atoms with E-state index < -0.39 is 0 Å². The molecule has 0 bridgehead atoms. The van der Waals surface area contributed by atoms with Crippen molar-refractivity contribution in [2.75, 3.05) is 19.8 Å². The second-order valence-electron chi connectivity index (χ2n) is 5.26. The molecule has 0 atom stereocenters. The summed E-state index contributed by atoms with van der Waals surface area (Å²) in [5, 5.41) is 0. The highest BCUT2D eigenvalue weighted by molar-refractivity contribution is 5.18. The first kappa shape index (κ1) is 11.1. The van der Waals surface area contributed by atoms with Gasteiger partial charge >= 0.3 is 0 Å². The van der Waals surface area contributed by atoms with Crippen molar-refractivity contribution in [3.05, 3.63) is 23.8 Å². The standard InChI is InChI=1S/C13H19N3O/c14-7-13(8-17-9-13)12-15-6-5-11(16-12)10-3-1-2-4-10/h5-6,10H,1-4,7-9,14H2. The topological polar surface area (TPSA) is 61.0 Å². The molecule has 2 aliphatic rings. The Labute approximate surface area is 102 Å². The van der Waals surface area contributed by atoms with Crippen molar-refractivity contribution in [1.82, 2.24) is 9.97 Å². The largest absolute Gasteiger partial charge is 0.379 e. The maximum Gasteiger partial charge on any atom is 0.140 e. The smallest absolute Gasteiger partial charge is 0.140 e. The number of nitrogens with zero attached hydrogens (tertiary/aromatic N) is 2. The van der Waals surface area contributed by atoms with Crippen LogP contribution >= 0.6 is 0 Å². The minimum Gasteiger partial charge on any atom is -0.379 e. The summed E-state index contributed by atoms with van der Waals surface area (Å²) in [5.41, 5.74) is 6.93. The highest BCUT2D eigenvalue weighted by Crippen LogP contribution is 2.34. The summed E-state index contributed by atoms with van der Waals surface area (Å²) >= 11 is 0. The zero-order valence-corrected chi connectivity index (χ0v) is 10.1. The van der Waals surface area contributed by atoms with Gasteiger partial charge in [0.2, 0.25) is 0 Å². The Balaban J connectivity index is 1.88. The minimum atomic E-state index is -0.116. The summed E-state index contributed by atoms with van der Waals surface area (Å²) in [4.78, 5) is 9.15. The molecule has 1 aliphatic carbocycles. The number of aromatic nitrogens is 2. The number of rotatable bonds is 3. The third-order valence-corrected chi connectivity index (χ3v) is 4.07. The van der Waals surface area contributed by atoms with Crippen molar-refractivity contribution in [3.8, 4) is 0 Å². The van der Waals surface area contributed by atoms with Gasteiger partial charge < -0.3 is 10.5 Å². The molecule has 1 aliphatic heterocycles. The van der Waals surface area contributed by atoms with E-state index in [1.165, 1.54) is 31.4 Å². The lowest BCUT2D eigenvalue weighted by atomic mass is 9.85. The molecular weight excluding hydrogens is 214 g/mol. The first-order chi connectivity index (χ1) is 8.34. The molecule has 1 aromatic heterocycles. The number of hydrogen-bond acceptors (Lipinski definition) is 4. The summed E-state index contributed by atoms with van der Waals surface area (Å²) in [7, 11) is 0. The molecule has 1 aromatic rings. The van der Waals surface area contributed by atoms with Crippen molar-refractivity contribution < 1.29 is 4.74 Å². The maximum absolute atomic E-state index is 5.84. The summed E-state index contributed by atoms with van der Waals surface area (Å²) in [6.07, 6.45) is 7.07. The third-order valence-electron chi connectivity index (χ3n) is 4.07. The fraction of sp³-hybridized carbons (Fsp3) is 0.692. The van der Waals surface area contributed by atoms with Gasteiger partial charge in [-0.25, -0.2) is 9.97 Å². The zero-order chi connectivity index (χ0) is 11.7. The normalized spacial score (nSPS) is 23.6. The predicted octanol–water partition coefficient (Wildman–Crippen LogP) is 1.36. The Hall–Kier alpha value is -1.00. The van der Waals surface area contributed by atoms with Crippen LogP contribution in [0.5, 0.6) is 0 Å². The number of ether oxygens (including phenoxy) is 1. The Morgan fingerprint density at radius 3 is 2.71 bits per heavy atom. The average Bonchev–Trinajstić information content (AvgIpc) is 2.82. The highest BCUT2D eigenvalue weighted by Gasteiger charge is 2.42. The molecule has 2 N–H and O–H groups in total. The Bertz CT molecular complexity index is 392. The molecular formula is C13H19N3O. The van der Waals surface area contributed by atoms with E-state index in [2.05, 4.69) is 11.1 Å². The van der Waals surface area contributed by atoms with Crippen molar-refractivity contribution >= 4 is 0 Å². The molecule has 3 rings (SSSR count). The molecule has 2 fully saturated rings. The van der Waals surface area contributed by atoms with E-state index >= 15 is 0 Å². The molecule has 4 heteroatoms. The lowest BCUT2D eigenvalue weighted by Crippen LogP contribution is -2.53. The molecule has 0 radical (unpaired) electrons. The van der Waals surface area contributed by atoms with Crippen LogP contribution in [0.15, 0.2) is 12.3 Å². The molecule has 0 aromatic carbocycles. The zero-order valence-electron chi connectivity index (χ0n) is 10.1. The maximum atomic E-state index is 5.84. The van der Waals surface area contributed by atoms with Crippen molar-refractivity contribution in [1.29, 1.82) is 0 Å². The minimum absolute atomic E-state index is 0.116. The van der Waals surface area contributed by atoms with Crippen LogP contribution in [0.1, 0.15) is 43.1 Å². The number of hydrogen-bond donors (Lipinski definition) is 1. The van der Waals surface area contributed by atoms with Gasteiger partial charge in [-0.3, -0.25) is 0 Å². The van der Waals surface area contributed by atoms with Gasteiger partial charge in [0.1, 0.15) is 5.82 Å². The van der Waals surface area contributed by atoms with E-state index in [9.17, 15) is 0 Å². The third kappa shape index (κ3) is 1.85. The van der Waals surface area contributed by atoms with Crippen molar-refractivity contribution in [2.24, 2.45) is 5.73 Å². The van der Waals surface area contributed by atoms with Gasteiger partial charge in [0.15, 0.2) is 0 Å². The van der Waals surface area contributed by atoms with Gasteiger partial charge in [0.05, 0.1) is 18.6 Å². The monoisotopic (exact) mass is 233 g/mol. The van der Waals surface area contributed by atoms with Crippen LogP contribution in [0.3, 0.4) is 0 Å². The summed E-state index contributed by atoms with van der Waals surface area (Å²) in [6.45, 7) is 1.90. The van der Waals surface area contributed by atoms with Gasteiger partial charge in [-0.05, 0) is 18.9 Å². The van der Waals surface area contributed by atoms with Crippen LogP contribution in [0, 0.1) is 0 Å². The summed E-state index contributed by atoms with van der Waals surface area (Å²) < 4.78 is 5.29. The van der Waals surface area contributed by atoms with Crippen LogP contribution in [0.4, 0.5) is 0 Å². The molecule has 0 spiro atoms. The van der Waals surface area contributed by atoms with Gasteiger partial charge in [0.25, 0.3) is 0 Å². The molecule has 92 valence electrons. The SMILES string of the molecule is NCC1(c2nccc(C3CCCC3)n2)COC1. The van der Waals surface area contributed by atoms with Gasteiger partial charge in [0, 0.05) is 24.4 Å². The highest BCUT2D eigenvalue weighted by atomic mass is 16.5. The first-order valence-corrected chi connectivity index (χ1v) is 6.45. The van der Waals surface area contributed by atoms with Crippen molar-refractivity contribution in [3.63, 3.8) is 0 Å². The van der Waals surface area contributed by atoms with E-state index in [4.69, 9.17) is 15.5 Å². The summed E-state index contributed by atoms with van der Waals surface area (Å²) in [5.74, 6) is 1.52. The lowest BCUT2D eigenvalue weighted by Gasteiger charge is -2.39. The molecule has 17 heavy (non-hydrogen) atoms. The summed E-state index contributed by atoms with van der Waals surface area (Å²) in [6, 6.07) is 2.06. The predicted molar refractivity (Wildman–Crippen MR) is 64.8 cm³/mol. The van der Waals surface area contributed by atoms with E-state index in [0.29, 0.717) is 25.7 Å². The van der Waals surface area contributed by atoms with Crippen LogP contribution in [-0.4, -0.2) is 29.7 Å². The van der Waals surface area contributed by atoms with Crippen molar-refractivity contribution in [2.45, 2.75) is 37.0 Å². The number of nitrogens with two attached hydrogens (primary N) is 1. The van der Waals surface area contributed by atoms with Gasteiger partial charge in [-0.1, -0.05) is 12.8 Å². The van der Waals surface area contributed by atoms with Crippen LogP contribution in [0.25, 0.3) is 0 Å². The van der Waals surface area contributed by atoms with Gasteiger partial charge in [-0.15, -0.1) is 0 Å². The molecule has 1 saturated carbocycles.